The Hall–Kier alpha value is -3.41. The van der Waals surface area contributed by atoms with Gasteiger partial charge < -0.3 is 10.2 Å². The van der Waals surface area contributed by atoms with E-state index in [1.165, 1.54) is 0 Å². The van der Waals surface area contributed by atoms with E-state index in [-0.39, 0.29) is 23.8 Å². The highest BCUT2D eigenvalue weighted by molar-refractivity contribution is 5.95. The summed E-state index contributed by atoms with van der Waals surface area (Å²) in [4.78, 5) is 27.8. The summed E-state index contributed by atoms with van der Waals surface area (Å²) in [6, 6.07) is 19.4. The van der Waals surface area contributed by atoms with Crippen LogP contribution in [0.25, 0.3) is 0 Å². The van der Waals surface area contributed by atoms with Crippen molar-refractivity contribution in [1.29, 1.82) is 0 Å². The van der Waals surface area contributed by atoms with Crippen LogP contribution >= 0.6 is 0 Å². The molecule has 1 saturated heterocycles. The molecule has 1 aliphatic heterocycles. The zero-order valence-electron chi connectivity index (χ0n) is 17.8. The minimum absolute atomic E-state index is 0.0454. The van der Waals surface area contributed by atoms with E-state index in [1.54, 1.807) is 6.20 Å². The Morgan fingerprint density at radius 2 is 1.74 bits per heavy atom. The summed E-state index contributed by atoms with van der Waals surface area (Å²) in [5, 5.41) is 7.51. The van der Waals surface area contributed by atoms with Gasteiger partial charge in [-0.2, -0.15) is 5.10 Å². The van der Waals surface area contributed by atoms with Crippen LogP contribution in [0.2, 0.25) is 0 Å². The van der Waals surface area contributed by atoms with Crippen LogP contribution in [0, 0.1) is 12.8 Å². The van der Waals surface area contributed by atoms with Crippen molar-refractivity contribution < 1.29 is 9.59 Å². The van der Waals surface area contributed by atoms with Gasteiger partial charge in [-0.05, 0) is 43.0 Å². The topological polar surface area (TPSA) is 67.2 Å². The summed E-state index contributed by atoms with van der Waals surface area (Å²) < 4.78 is 1.83. The SMILES string of the molecule is Cc1ccccc1C(=O)N1CCC(C(=O)N[C@@H](Cn2cccn2)c2ccccc2)CC1. The Kier molecular flexibility index (Phi) is 6.46. The lowest BCUT2D eigenvalue weighted by Crippen LogP contribution is -2.44. The molecule has 3 aromatic rings. The standard InChI is InChI=1S/C25H28N4O2/c1-19-8-5-6-11-22(19)25(31)28-16-12-21(13-17-28)24(30)27-23(18-29-15-7-14-26-29)20-9-3-2-4-10-20/h2-11,14-15,21,23H,12-13,16-18H2,1H3,(H,27,30)/t23-/m0/s1. The van der Waals surface area contributed by atoms with Crippen LogP contribution in [0.5, 0.6) is 0 Å². The number of nitrogens with zero attached hydrogens (tertiary/aromatic N) is 3. The highest BCUT2D eigenvalue weighted by Crippen LogP contribution is 2.22. The zero-order chi connectivity index (χ0) is 21.6. The van der Waals surface area contributed by atoms with E-state index in [2.05, 4.69) is 10.4 Å². The minimum Gasteiger partial charge on any atom is -0.347 e. The van der Waals surface area contributed by atoms with E-state index in [4.69, 9.17) is 0 Å². The second-order valence-electron chi connectivity index (χ2n) is 8.08. The number of aromatic nitrogens is 2. The van der Waals surface area contributed by atoms with Gasteiger partial charge in [0.2, 0.25) is 5.91 Å². The summed E-state index contributed by atoms with van der Waals surface area (Å²) in [7, 11) is 0. The number of aryl methyl sites for hydroxylation is 1. The maximum absolute atomic E-state index is 13.1. The fraction of sp³-hybridized carbons (Fsp3) is 0.320. The highest BCUT2D eigenvalue weighted by atomic mass is 16.2. The molecule has 1 aliphatic rings. The highest BCUT2D eigenvalue weighted by Gasteiger charge is 2.29. The normalized spacial score (nSPS) is 15.5. The van der Waals surface area contributed by atoms with Crippen LogP contribution in [0.15, 0.2) is 73.1 Å². The Balaban J connectivity index is 1.38. The van der Waals surface area contributed by atoms with E-state index in [1.807, 2.05) is 83.4 Å². The second-order valence-corrected chi connectivity index (χ2v) is 8.08. The molecule has 0 saturated carbocycles. The maximum Gasteiger partial charge on any atom is 0.254 e. The van der Waals surface area contributed by atoms with E-state index >= 15 is 0 Å². The summed E-state index contributed by atoms with van der Waals surface area (Å²) >= 11 is 0. The Morgan fingerprint density at radius 1 is 1.03 bits per heavy atom. The predicted octanol–water partition coefficient (Wildman–Crippen LogP) is 3.60. The van der Waals surface area contributed by atoms with Gasteiger partial charge in [0, 0.05) is 37.0 Å². The molecule has 31 heavy (non-hydrogen) atoms. The van der Waals surface area contributed by atoms with E-state index < -0.39 is 0 Å². The van der Waals surface area contributed by atoms with Gasteiger partial charge in [-0.1, -0.05) is 48.5 Å². The molecule has 0 aliphatic carbocycles. The van der Waals surface area contributed by atoms with E-state index in [0.717, 1.165) is 16.7 Å². The Labute approximate surface area is 182 Å². The first-order chi connectivity index (χ1) is 15.1. The number of rotatable bonds is 6. The van der Waals surface area contributed by atoms with Gasteiger partial charge >= 0.3 is 0 Å². The molecule has 2 aromatic carbocycles. The third-order valence-corrected chi connectivity index (χ3v) is 5.98. The number of benzene rings is 2. The van der Waals surface area contributed by atoms with Gasteiger partial charge in [0.15, 0.2) is 0 Å². The van der Waals surface area contributed by atoms with Crippen molar-refractivity contribution >= 4 is 11.8 Å². The molecule has 2 amide bonds. The van der Waals surface area contributed by atoms with Crippen molar-refractivity contribution in [2.75, 3.05) is 13.1 Å². The molecule has 6 nitrogen and oxygen atoms in total. The van der Waals surface area contributed by atoms with Crippen molar-refractivity contribution in [2.45, 2.75) is 32.4 Å². The molecule has 1 fully saturated rings. The summed E-state index contributed by atoms with van der Waals surface area (Å²) in [5.41, 5.74) is 2.78. The molecular weight excluding hydrogens is 388 g/mol. The average Bonchev–Trinajstić information content (AvgIpc) is 3.32. The lowest BCUT2D eigenvalue weighted by molar-refractivity contribution is -0.127. The zero-order valence-corrected chi connectivity index (χ0v) is 17.8. The molecule has 0 spiro atoms. The van der Waals surface area contributed by atoms with Crippen molar-refractivity contribution in [3.8, 4) is 0 Å². The van der Waals surface area contributed by atoms with E-state index in [9.17, 15) is 9.59 Å². The molecule has 160 valence electrons. The molecule has 1 aromatic heterocycles. The van der Waals surface area contributed by atoms with Gasteiger partial charge in [0.1, 0.15) is 0 Å². The second kappa shape index (κ2) is 9.60. The fourth-order valence-electron chi connectivity index (χ4n) is 4.13. The van der Waals surface area contributed by atoms with Gasteiger partial charge in [-0.25, -0.2) is 0 Å². The molecule has 6 heteroatoms. The van der Waals surface area contributed by atoms with Gasteiger partial charge in [0.25, 0.3) is 5.91 Å². The average molecular weight is 417 g/mol. The molecule has 4 rings (SSSR count). The molecule has 0 unspecified atom stereocenters. The van der Waals surface area contributed by atoms with Crippen LogP contribution in [-0.4, -0.2) is 39.6 Å². The van der Waals surface area contributed by atoms with Crippen LogP contribution in [0.1, 0.15) is 40.4 Å². The molecule has 0 radical (unpaired) electrons. The van der Waals surface area contributed by atoms with Crippen molar-refractivity contribution in [3.63, 3.8) is 0 Å². The first-order valence-electron chi connectivity index (χ1n) is 10.8. The Morgan fingerprint density at radius 3 is 2.42 bits per heavy atom. The van der Waals surface area contributed by atoms with Gasteiger partial charge in [-0.15, -0.1) is 0 Å². The summed E-state index contributed by atoms with van der Waals surface area (Å²) in [6.45, 7) is 3.73. The summed E-state index contributed by atoms with van der Waals surface area (Å²) in [6.07, 6.45) is 4.99. The number of carbonyl (C=O) groups is 2. The van der Waals surface area contributed by atoms with Crippen LogP contribution in [-0.2, 0) is 11.3 Å². The largest absolute Gasteiger partial charge is 0.347 e. The number of hydrogen-bond acceptors (Lipinski definition) is 3. The number of likely N-dealkylation sites (tertiary alicyclic amines) is 1. The quantitative estimate of drug-likeness (QED) is 0.668. The molecule has 1 atom stereocenters. The van der Waals surface area contributed by atoms with Crippen LogP contribution in [0.4, 0.5) is 0 Å². The number of piperidine rings is 1. The lowest BCUT2D eigenvalue weighted by atomic mass is 9.94. The van der Waals surface area contributed by atoms with Gasteiger partial charge in [-0.3, -0.25) is 14.3 Å². The monoisotopic (exact) mass is 416 g/mol. The summed E-state index contributed by atoms with van der Waals surface area (Å²) in [5.74, 6) is 0.00607. The molecule has 2 heterocycles. The number of hydrogen-bond donors (Lipinski definition) is 1. The number of amides is 2. The first kappa shape index (κ1) is 20.8. The fourth-order valence-corrected chi connectivity index (χ4v) is 4.13. The minimum atomic E-state index is -0.153. The van der Waals surface area contributed by atoms with Crippen molar-refractivity contribution in [2.24, 2.45) is 5.92 Å². The first-order valence-corrected chi connectivity index (χ1v) is 10.8. The predicted molar refractivity (Wildman–Crippen MR) is 119 cm³/mol. The van der Waals surface area contributed by atoms with Crippen LogP contribution in [0.3, 0.4) is 0 Å². The molecular formula is C25H28N4O2. The number of carbonyl (C=O) groups excluding carboxylic acids is 2. The third-order valence-electron chi connectivity index (χ3n) is 5.98. The smallest absolute Gasteiger partial charge is 0.254 e. The maximum atomic E-state index is 13.1. The van der Waals surface area contributed by atoms with Crippen LogP contribution < -0.4 is 5.32 Å². The van der Waals surface area contributed by atoms with Crippen molar-refractivity contribution in [1.82, 2.24) is 20.0 Å². The van der Waals surface area contributed by atoms with E-state index in [0.29, 0.717) is 32.5 Å². The molecule has 0 bridgehead atoms. The molecule has 1 N–H and O–H groups in total. The third kappa shape index (κ3) is 5.02. The lowest BCUT2D eigenvalue weighted by Gasteiger charge is -2.32. The number of nitrogens with one attached hydrogen (secondary N) is 1. The Bertz CT molecular complexity index is 1010. The van der Waals surface area contributed by atoms with Crippen molar-refractivity contribution in [3.05, 3.63) is 89.7 Å². The van der Waals surface area contributed by atoms with Gasteiger partial charge in [0.05, 0.1) is 12.6 Å².